The molecule has 0 spiro atoms. The second-order valence-electron chi connectivity index (χ2n) is 6.31. The number of hydrogen-bond donors (Lipinski definition) is 6. The van der Waals surface area contributed by atoms with Crippen molar-refractivity contribution >= 4 is 5.91 Å². The molecule has 1 saturated heterocycles. The average molecular weight is 321 g/mol. The van der Waals surface area contributed by atoms with E-state index >= 15 is 0 Å². The summed E-state index contributed by atoms with van der Waals surface area (Å²) in [5.74, 6) is -0.714. The highest BCUT2D eigenvalue weighted by Crippen LogP contribution is 2.36. The quantitative estimate of drug-likeness (QED) is 0.324. The van der Waals surface area contributed by atoms with Gasteiger partial charge in [0, 0.05) is 6.42 Å². The van der Waals surface area contributed by atoms with Crippen LogP contribution in [0, 0.1) is 5.92 Å². The van der Waals surface area contributed by atoms with Gasteiger partial charge in [0.05, 0.1) is 24.4 Å². The maximum absolute atomic E-state index is 11.4. The van der Waals surface area contributed by atoms with Gasteiger partial charge in [0.15, 0.2) is 0 Å². The average Bonchev–Trinajstić information content (AvgIpc) is 2.47. The number of carbonyl (C=O) groups excluding carboxylic acids is 1. The van der Waals surface area contributed by atoms with E-state index in [4.69, 9.17) is 14.9 Å². The molecule has 6 N–H and O–H groups in total. The van der Waals surface area contributed by atoms with Gasteiger partial charge in [0.25, 0.3) is 0 Å². The predicted molar refractivity (Wildman–Crippen MR) is 76.9 cm³/mol. The van der Waals surface area contributed by atoms with Crippen LogP contribution in [0.5, 0.6) is 0 Å². The topological polar surface area (TPSA) is 139 Å². The Morgan fingerprint density at radius 1 is 1.36 bits per heavy atom. The van der Waals surface area contributed by atoms with Crippen molar-refractivity contribution in [1.82, 2.24) is 5.32 Å². The van der Waals surface area contributed by atoms with Gasteiger partial charge in [-0.15, -0.1) is 0 Å². The molecule has 0 aromatic rings. The highest BCUT2D eigenvalue weighted by Gasteiger charge is 2.49. The molecule has 1 amide bonds. The van der Waals surface area contributed by atoms with E-state index < -0.39 is 55.2 Å². The van der Waals surface area contributed by atoms with Crippen LogP contribution in [-0.2, 0) is 9.53 Å². The fraction of sp³-hybridized carbons (Fsp3) is 0.929. The molecule has 130 valence electrons. The zero-order valence-electron chi connectivity index (χ0n) is 13.1. The smallest absolute Gasteiger partial charge is 0.246 e. The van der Waals surface area contributed by atoms with Gasteiger partial charge in [0.2, 0.25) is 5.91 Å². The number of amides is 1. The predicted octanol–water partition coefficient (Wildman–Crippen LogP) is -2.26. The molecule has 1 unspecified atom stereocenters. The van der Waals surface area contributed by atoms with E-state index in [2.05, 4.69) is 5.32 Å². The number of ether oxygens (including phenoxy) is 1. The lowest BCUT2D eigenvalue weighted by Crippen LogP contribution is -2.66. The molecular weight excluding hydrogens is 294 g/mol. The molecule has 1 rings (SSSR count). The molecule has 1 aliphatic heterocycles. The third-order valence-corrected chi connectivity index (χ3v) is 4.40. The summed E-state index contributed by atoms with van der Waals surface area (Å²) in [4.78, 5) is 11.4. The minimum absolute atomic E-state index is 0.0117. The van der Waals surface area contributed by atoms with Crippen LogP contribution in [-0.4, -0.2) is 80.7 Å². The first-order valence-corrected chi connectivity index (χ1v) is 7.39. The summed E-state index contributed by atoms with van der Waals surface area (Å²) in [5.41, 5.74) is -0.763. The summed E-state index contributed by atoms with van der Waals surface area (Å²) in [5, 5.41) is 50.4. The molecular formula is C14H27NO7. The molecule has 8 nitrogen and oxygen atoms in total. The van der Waals surface area contributed by atoms with Crippen molar-refractivity contribution in [3.63, 3.8) is 0 Å². The van der Waals surface area contributed by atoms with Crippen LogP contribution in [0.1, 0.15) is 27.2 Å². The summed E-state index contributed by atoms with van der Waals surface area (Å²) < 4.78 is 5.87. The number of nitrogens with one attached hydrogen (secondary N) is 1. The van der Waals surface area contributed by atoms with Gasteiger partial charge in [-0.1, -0.05) is 13.8 Å². The van der Waals surface area contributed by atoms with E-state index in [0.29, 0.717) is 0 Å². The Morgan fingerprint density at radius 2 is 1.95 bits per heavy atom. The Morgan fingerprint density at radius 3 is 2.41 bits per heavy atom. The highest BCUT2D eigenvalue weighted by molar-refractivity contribution is 5.77. The number of rotatable bonds is 6. The number of aliphatic hydroxyl groups is 5. The zero-order valence-corrected chi connectivity index (χ0v) is 13.1. The van der Waals surface area contributed by atoms with Crippen molar-refractivity contribution in [3.8, 4) is 0 Å². The Labute approximate surface area is 129 Å². The number of hydrogen-bond acceptors (Lipinski definition) is 7. The molecule has 0 aliphatic carbocycles. The van der Waals surface area contributed by atoms with E-state index in [1.54, 1.807) is 6.92 Å². The Bertz CT molecular complexity index is 378. The largest absolute Gasteiger partial charge is 0.394 e. The van der Waals surface area contributed by atoms with Gasteiger partial charge in [0.1, 0.15) is 24.9 Å². The summed E-state index contributed by atoms with van der Waals surface area (Å²) in [6, 6.07) is -0.998. The van der Waals surface area contributed by atoms with Gasteiger partial charge < -0.3 is 35.6 Å². The maximum atomic E-state index is 11.4. The first-order valence-electron chi connectivity index (χ1n) is 7.39. The minimum atomic E-state index is -1.50. The first-order chi connectivity index (χ1) is 10.2. The Kier molecular flexibility index (Phi) is 6.72. The third-order valence-electron chi connectivity index (χ3n) is 4.40. The number of aliphatic hydroxyl groups excluding tert-OH is 5. The molecule has 0 bridgehead atoms. The van der Waals surface area contributed by atoms with E-state index in [1.807, 2.05) is 13.8 Å². The van der Waals surface area contributed by atoms with E-state index in [-0.39, 0.29) is 12.3 Å². The van der Waals surface area contributed by atoms with Crippen LogP contribution in [0.3, 0.4) is 0 Å². The minimum Gasteiger partial charge on any atom is -0.394 e. The fourth-order valence-corrected chi connectivity index (χ4v) is 2.58. The monoisotopic (exact) mass is 321 g/mol. The Hall–Kier alpha value is -0.770. The fourth-order valence-electron chi connectivity index (χ4n) is 2.58. The van der Waals surface area contributed by atoms with Crippen molar-refractivity contribution < 1.29 is 35.1 Å². The van der Waals surface area contributed by atoms with Crippen LogP contribution in [0.25, 0.3) is 0 Å². The van der Waals surface area contributed by atoms with Crippen LogP contribution >= 0.6 is 0 Å². The third kappa shape index (κ3) is 4.15. The second kappa shape index (κ2) is 7.67. The van der Waals surface area contributed by atoms with Crippen molar-refractivity contribution in [2.45, 2.75) is 63.3 Å². The van der Waals surface area contributed by atoms with Crippen molar-refractivity contribution in [1.29, 1.82) is 0 Å². The molecule has 8 heteroatoms. The molecule has 6 atom stereocenters. The lowest BCUT2D eigenvalue weighted by atomic mass is 9.79. The molecule has 1 aliphatic rings. The van der Waals surface area contributed by atoms with Crippen molar-refractivity contribution in [3.05, 3.63) is 0 Å². The SMILES string of the molecule is CC(C)[C@]1(C)C[C@@H](O)[C@@H](NC(=O)CO)C([C@H](O)[C@H](O)CO)O1. The van der Waals surface area contributed by atoms with E-state index in [1.165, 1.54) is 0 Å². The summed E-state index contributed by atoms with van der Waals surface area (Å²) in [7, 11) is 0. The lowest BCUT2D eigenvalue weighted by molar-refractivity contribution is -0.228. The molecule has 1 fully saturated rings. The van der Waals surface area contributed by atoms with Crippen molar-refractivity contribution in [2.75, 3.05) is 13.2 Å². The standard InChI is InChI=1S/C14H27NO7/c1-7(2)14(3)4-8(18)11(15-10(20)6-17)13(22-14)12(21)9(19)5-16/h7-9,11-13,16-19,21H,4-6H2,1-3H3,(H,15,20)/t8-,9-,11-,12-,13?,14+/m1/s1. The molecule has 1 heterocycles. The van der Waals surface area contributed by atoms with Crippen LogP contribution in [0.15, 0.2) is 0 Å². The molecule has 0 radical (unpaired) electrons. The number of carbonyl (C=O) groups is 1. The first kappa shape index (κ1) is 19.3. The second-order valence-corrected chi connectivity index (χ2v) is 6.31. The lowest BCUT2D eigenvalue weighted by Gasteiger charge is -2.49. The normalized spacial score (nSPS) is 35.2. The van der Waals surface area contributed by atoms with Crippen molar-refractivity contribution in [2.24, 2.45) is 5.92 Å². The Balaban J connectivity index is 3.05. The summed E-state index contributed by atoms with van der Waals surface area (Å²) in [6.07, 6.45) is -4.89. The summed E-state index contributed by atoms with van der Waals surface area (Å²) in [6.45, 7) is 4.11. The van der Waals surface area contributed by atoms with Gasteiger partial charge in [-0.25, -0.2) is 0 Å². The van der Waals surface area contributed by atoms with Crippen LogP contribution in [0.4, 0.5) is 0 Å². The molecule has 0 aromatic heterocycles. The highest BCUT2D eigenvalue weighted by atomic mass is 16.5. The van der Waals surface area contributed by atoms with Gasteiger partial charge in [-0.05, 0) is 12.8 Å². The summed E-state index contributed by atoms with van der Waals surface area (Å²) >= 11 is 0. The van der Waals surface area contributed by atoms with E-state index in [9.17, 15) is 20.1 Å². The maximum Gasteiger partial charge on any atom is 0.246 e. The zero-order chi connectivity index (χ0) is 17.1. The molecule has 22 heavy (non-hydrogen) atoms. The van der Waals surface area contributed by atoms with Gasteiger partial charge in [-0.3, -0.25) is 4.79 Å². The molecule has 0 saturated carbocycles. The molecule has 0 aromatic carbocycles. The van der Waals surface area contributed by atoms with Crippen LogP contribution in [0.2, 0.25) is 0 Å². The van der Waals surface area contributed by atoms with Gasteiger partial charge >= 0.3 is 0 Å². The van der Waals surface area contributed by atoms with Crippen LogP contribution < -0.4 is 5.32 Å². The van der Waals surface area contributed by atoms with Gasteiger partial charge in [-0.2, -0.15) is 0 Å². The van der Waals surface area contributed by atoms with E-state index in [0.717, 1.165) is 0 Å².